The number of aliphatic hydroxyl groups is 1. The zero-order valence-corrected chi connectivity index (χ0v) is 17.4. The highest BCUT2D eigenvalue weighted by molar-refractivity contribution is 5.06. The lowest BCUT2D eigenvalue weighted by Gasteiger charge is -2.45. The minimum Gasteiger partial charge on any atom is -0.383 e. The van der Waals surface area contributed by atoms with Gasteiger partial charge in [-0.25, -0.2) is 0 Å². The Kier molecular flexibility index (Phi) is 4.81. The summed E-state index contributed by atoms with van der Waals surface area (Å²) in [6, 6.07) is 0. The molecule has 0 aromatic rings. The van der Waals surface area contributed by atoms with Gasteiger partial charge < -0.3 is 38.3 Å². The van der Waals surface area contributed by atoms with Crippen molar-refractivity contribution in [3.8, 4) is 0 Å². The van der Waals surface area contributed by atoms with Crippen LogP contribution in [0.3, 0.4) is 0 Å². The Labute approximate surface area is 168 Å². The molecule has 4 fully saturated rings. The molecule has 4 rings (SSSR count). The quantitative estimate of drug-likeness (QED) is 0.511. The van der Waals surface area contributed by atoms with Crippen molar-refractivity contribution in [1.29, 1.82) is 0 Å². The van der Waals surface area contributed by atoms with E-state index in [1.807, 2.05) is 0 Å². The number of ether oxygens (including phenoxy) is 7. The summed E-state index contributed by atoms with van der Waals surface area (Å²) in [5, 5.41) is 23.2. The van der Waals surface area contributed by atoms with E-state index in [-0.39, 0.29) is 13.2 Å². The van der Waals surface area contributed by atoms with Crippen molar-refractivity contribution in [3.05, 3.63) is 10.1 Å². The minimum absolute atomic E-state index is 0.341. The molecule has 0 amide bonds. The third-order valence-corrected chi connectivity index (χ3v) is 5.76. The molecule has 0 aromatic carbocycles. The maximum atomic E-state index is 12.0. The molecule has 0 saturated carbocycles. The van der Waals surface area contributed by atoms with Gasteiger partial charge >= 0.3 is 0 Å². The highest BCUT2D eigenvalue weighted by Gasteiger charge is 2.67. The molecule has 0 aliphatic carbocycles. The van der Waals surface area contributed by atoms with Crippen LogP contribution in [0.5, 0.6) is 0 Å². The summed E-state index contributed by atoms with van der Waals surface area (Å²) in [4.78, 5) is 11.4. The maximum Gasteiger partial charge on any atom is 0.295 e. The second kappa shape index (κ2) is 6.54. The Morgan fingerprint density at radius 2 is 1.38 bits per heavy atom. The number of fused-ring (bicyclic) bond motifs is 3. The molecule has 0 aromatic heterocycles. The molecule has 0 radical (unpaired) electrons. The van der Waals surface area contributed by atoms with Crippen LogP contribution in [0.25, 0.3) is 0 Å². The zero-order valence-electron chi connectivity index (χ0n) is 17.4. The number of rotatable bonds is 3. The van der Waals surface area contributed by atoms with E-state index in [9.17, 15) is 15.2 Å². The molecule has 6 atom stereocenters. The van der Waals surface area contributed by atoms with Gasteiger partial charge in [-0.2, -0.15) is 0 Å². The predicted molar refractivity (Wildman–Crippen MR) is 94.2 cm³/mol. The van der Waals surface area contributed by atoms with E-state index in [0.717, 1.165) is 0 Å². The smallest absolute Gasteiger partial charge is 0.295 e. The van der Waals surface area contributed by atoms with Crippen molar-refractivity contribution >= 4 is 0 Å². The Morgan fingerprint density at radius 1 is 0.862 bits per heavy atom. The van der Waals surface area contributed by atoms with Gasteiger partial charge in [0.15, 0.2) is 29.8 Å². The van der Waals surface area contributed by atoms with Crippen molar-refractivity contribution in [3.63, 3.8) is 0 Å². The van der Waals surface area contributed by atoms with Crippen molar-refractivity contribution in [1.82, 2.24) is 0 Å². The fraction of sp³-hybridized carbons (Fsp3) is 1.00. The largest absolute Gasteiger partial charge is 0.383 e. The summed E-state index contributed by atoms with van der Waals surface area (Å²) in [7, 11) is 0. The van der Waals surface area contributed by atoms with Gasteiger partial charge in [-0.05, 0) is 41.5 Å². The third-order valence-electron chi connectivity index (χ3n) is 5.76. The highest BCUT2D eigenvalue weighted by Crippen LogP contribution is 2.46. The summed E-state index contributed by atoms with van der Waals surface area (Å²) in [5.41, 5.74) is -1.93. The van der Waals surface area contributed by atoms with Gasteiger partial charge in [-0.15, -0.1) is 0 Å². The average molecular weight is 419 g/mol. The summed E-state index contributed by atoms with van der Waals surface area (Å²) >= 11 is 0. The van der Waals surface area contributed by atoms with E-state index >= 15 is 0 Å². The molecular formula is C18H29NO10. The Bertz CT molecular complexity index is 670. The van der Waals surface area contributed by atoms with Crippen molar-refractivity contribution < 1.29 is 43.2 Å². The molecular weight excluding hydrogens is 390 g/mol. The van der Waals surface area contributed by atoms with E-state index in [0.29, 0.717) is 0 Å². The summed E-state index contributed by atoms with van der Waals surface area (Å²) in [5.74, 6) is -2.90. The number of nitrogens with zero attached hydrogens (tertiary/aromatic N) is 1. The summed E-state index contributed by atoms with van der Waals surface area (Å²) in [6.07, 6.45) is -5.61. The molecule has 0 spiro atoms. The molecule has 4 aliphatic rings. The highest BCUT2D eigenvalue weighted by atomic mass is 16.9. The molecule has 4 saturated heterocycles. The molecule has 11 heteroatoms. The topological polar surface area (TPSA) is 128 Å². The van der Waals surface area contributed by atoms with Crippen molar-refractivity contribution in [2.75, 3.05) is 13.2 Å². The molecule has 1 N–H and O–H groups in total. The van der Waals surface area contributed by atoms with Crippen molar-refractivity contribution in [2.45, 2.75) is 101 Å². The summed E-state index contributed by atoms with van der Waals surface area (Å²) in [6.45, 7) is 9.55. The van der Waals surface area contributed by atoms with Gasteiger partial charge in [0.05, 0.1) is 0 Å². The molecule has 0 bridgehead atoms. The first-order chi connectivity index (χ1) is 13.3. The van der Waals surface area contributed by atoms with Crippen LogP contribution in [-0.4, -0.2) is 83.0 Å². The van der Waals surface area contributed by atoms with Gasteiger partial charge in [0.25, 0.3) is 5.54 Å². The first-order valence-electron chi connectivity index (χ1n) is 9.73. The van der Waals surface area contributed by atoms with Gasteiger partial charge in [0.1, 0.15) is 37.6 Å². The van der Waals surface area contributed by atoms with E-state index in [1.165, 1.54) is 0 Å². The van der Waals surface area contributed by atoms with Crippen LogP contribution in [0.4, 0.5) is 0 Å². The summed E-state index contributed by atoms with van der Waals surface area (Å²) < 4.78 is 40.7. The second-order valence-corrected chi connectivity index (χ2v) is 9.42. The molecule has 4 aliphatic heterocycles. The lowest BCUT2D eigenvalue weighted by atomic mass is 9.84. The van der Waals surface area contributed by atoms with Crippen LogP contribution in [0, 0.1) is 10.1 Å². The first kappa shape index (κ1) is 21.3. The lowest BCUT2D eigenvalue weighted by Crippen LogP contribution is -2.69. The van der Waals surface area contributed by atoms with Crippen LogP contribution in [0.15, 0.2) is 0 Å². The second-order valence-electron chi connectivity index (χ2n) is 9.42. The number of nitro groups is 1. The molecule has 0 unspecified atom stereocenters. The monoisotopic (exact) mass is 419 g/mol. The predicted octanol–water partition coefficient (Wildman–Crippen LogP) is 0.542. The standard InChI is InChI=1S/C18H29NO10/c1-15(2)23-7-18(8-24-15,19(21)22)13(20)11-9-10(27-16(3,4)26-9)12-14(25-11)29-17(5,6)28-12/h9-14,20H,7-8H2,1-6H3/t9-,10+,11+,12-,13+,14-/m1/s1. The molecule has 166 valence electrons. The van der Waals surface area contributed by atoms with E-state index in [2.05, 4.69) is 0 Å². The van der Waals surface area contributed by atoms with Gasteiger partial charge in [0.2, 0.25) is 0 Å². The van der Waals surface area contributed by atoms with Gasteiger partial charge in [-0.1, -0.05) is 0 Å². The number of hydrogen-bond donors (Lipinski definition) is 1. The van der Waals surface area contributed by atoms with E-state index in [1.54, 1.807) is 41.5 Å². The Hall–Kier alpha value is -0.920. The molecule has 4 heterocycles. The fourth-order valence-corrected chi connectivity index (χ4v) is 4.27. The third kappa shape index (κ3) is 3.57. The van der Waals surface area contributed by atoms with E-state index < -0.39 is 64.6 Å². The number of hydrogen-bond acceptors (Lipinski definition) is 10. The van der Waals surface area contributed by atoms with Crippen LogP contribution in [0.1, 0.15) is 41.5 Å². The maximum absolute atomic E-state index is 12.0. The SMILES string of the molecule is CC1(C)OCC([C@@H](O)[C@H]2O[C@@H]3OC(C)(C)O[C@@H]3[C@H]3OC(C)(C)O[C@H]32)([N+](=O)[O-])CO1. The van der Waals surface area contributed by atoms with Crippen LogP contribution >= 0.6 is 0 Å². The normalized spacial score (nSPS) is 42.7. The fourth-order valence-electron chi connectivity index (χ4n) is 4.27. The number of aliphatic hydroxyl groups excluding tert-OH is 1. The van der Waals surface area contributed by atoms with Crippen LogP contribution < -0.4 is 0 Å². The van der Waals surface area contributed by atoms with Crippen LogP contribution in [-0.2, 0) is 33.2 Å². The Balaban J connectivity index is 1.65. The first-order valence-corrected chi connectivity index (χ1v) is 9.73. The van der Waals surface area contributed by atoms with Gasteiger partial charge in [0, 0.05) is 4.92 Å². The molecule has 11 nitrogen and oxygen atoms in total. The zero-order chi connectivity index (χ0) is 21.4. The van der Waals surface area contributed by atoms with Gasteiger partial charge in [-0.3, -0.25) is 10.1 Å². The molecule has 29 heavy (non-hydrogen) atoms. The average Bonchev–Trinajstić information content (AvgIpc) is 3.07. The van der Waals surface area contributed by atoms with E-state index in [4.69, 9.17) is 33.2 Å². The lowest BCUT2D eigenvalue weighted by molar-refractivity contribution is -0.611. The van der Waals surface area contributed by atoms with Crippen LogP contribution in [0.2, 0.25) is 0 Å². The minimum atomic E-state index is -1.93. The Morgan fingerprint density at radius 3 is 1.97 bits per heavy atom. The van der Waals surface area contributed by atoms with Crippen molar-refractivity contribution in [2.24, 2.45) is 0 Å².